The molecule has 0 aliphatic carbocycles. The van der Waals surface area contributed by atoms with Gasteiger partial charge in [-0.15, -0.1) is 0 Å². The highest BCUT2D eigenvalue weighted by atomic mass is 19.1. The first-order chi connectivity index (χ1) is 12.4. The van der Waals surface area contributed by atoms with Gasteiger partial charge in [0.2, 0.25) is 5.91 Å². The quantitative estimate of drug-likeness (QED) is 0.738. The lowest BCUT2D eigenvalue weighted by molar-refractivity contribution is -0.121. The second-order valence-electron chi connectivity index (χ2n) is 6.52. The average molecular weight is 352 g/mol. The second-order valence-corrected chi connectivity index (χ2v) is 6.52. The smallest absolute Gasteiger partial charge is 0.253 e. The van der Waals surface area contributed by atoms with E-state index in [0.717, 1.165) is 22.0 Å². The van der Waals surface area contributed by atoms with Gasteiger partial charge in [-0.05, 0) is 66.6 Å². The number of carbonyl (C=O) groups is 1. The van der Waals surface area contributed by atoms with Crippen LogP contribution in [0.1, 0.15) is 28.7 Å². The van der Waals surface area contributed by atoms with Crippen molar-refractivity contribution in [3.63, 3.8) is 0 Å². The molecule has 0 fully saturated rings. The maximum absolute atomic E-state index is 13.6. The van der Waals surface area contributed by atoms with Crippen molar-refractivity contribution in [1.82, 2.24) is 10.3 Å². The summed E-state index contributed by atoms with van der Waals surface area (Å²) in [5.41, 5.74) is 3.84. The van der Waals surface area contributed by atoms with Gasteiger partial charge in [-0.25, -0.2) is 4.39 Å². The minimum absolute atomic E-state index is 0.147. The van der Waals surface area contributed by atoms with Gasteiger partial charge in [0.15, 0.2) is 0 Å². The number of H-pyrrole nitrogens is 1. The van der Waals surface area contributed by atoms with Crippen molar-refractivity contribution in [2.75, 3.05) is 0 Å². The third kappa shape index (κ3) is 3.99. The first-order valence-electron chi connectivity index (χ1n) is 8.57. The minimum atomic E-state index is -0.308. The highest BCUT2D eigenvalue weighted by Gasteiger charge is 2.08. The first-order valence-corrected chi connectivity index (χ1v) is 8.57. The maximum Gasteiger partial charge on any atom is 0.253 e. The number of nitrogens with one attached hydrogen (secondary N) is 2. The van der Waals surface area contributed by atoms with E-state index in [4.69, 9.17) is 0 Å². The summed E-state index contributed by atoms with van der Waals surface area (Å²) in [6.45, 7) is 4.16. The number of aryl methyl sites for hydroxylation is 3. The van der Waals surface area contributed by atoms with E-state index in [1.807, 2.05) is 26.0 Å². The molecular formula is C21H21FN2O2. The van der Waals surface area contributed by atoms with Crippen molar-refractivity contribution in [1.29, 1.82) is 0 Å². The van der Waals surface area contributed by atoms with Crippen LogP contribution in [-0.4, -0.2) is 10.9 Å². The molecule has 2 aromatic carbocycles. The van der Waals surface area contributed by atoms with Gasteiger partial charge in [0, 0.05) is 24.0 Å². The highest BCUT2D eigenvalue weighted by molar-refractivity contribution is 5.81. The molecule has 1 aromatic heterocycles. The van der Waals surface area contributed by atoms with E-state index in [9.17, 15) is 14.0 Å². The summed E-state index contributed by atoms with van der Waals surface area (Å²) in [6.07, 6.45) is 0.496. The van der Waals surface area contributed by atoms with E-state index in [0.29, 0.717) is 17.5 Å². The standard InChI is InChI=1S/C21H21FN2O2/c1-13-9-16-11-17(21(26)24-19(16)10-14(13)2)12-23-20(25)8-7-15-5-3-4-6-18(15)22/h3-6,9-11H,7-8,12H2,1-2H3,(H,23,25)(H,24,26). The van der Waals surface area contributed by atoms with Gasteiger partial charge >= 0.3 is 0 Å². The third-order valence-electron chi connectivity index (χ3n) is 4.59. The number of fused-ring (bicyclic) bond motifs is 1. The molecule has 3 aromatic rings. The van der Waals surface area contributed by atoms with Gasteiger partial charge < -0.3 is 10.3 Å². The Bertz CT molecular complexity index is 1020. The number of hydrogen-bond acceptors (Lipinski definition) is 2. The van der Waals surface area contributed by atoms with Crippen molar-refractivity contribution in [2.24, 2.45) is 0 Å². The Hall–Kier alpha value is -2.95. The molecule has 0 unspecified atom stereocenters. The van der Waals surface area contributed by atoms with Crippen LogP contribution in [0.15, 0.2) is 47.3 Å². The number of aromatic nitrogens is 1. The van der Waals surface area contributed by atoms with Crippen LogP contribution in [0.4, 0.5) is 4.39 Å². The lowest BCUT2D eigenvalue weighted by atomic mass is 10.0. The van der Waals surface area contributed by atoms with Crippen LogP contribution in [0.3, 0.4) is 0 Å². The fraction of sp³-hybridized carbons (Fsp3) is 0.238. The summed E-state index contributed by atoms with van der Waals surface area (Å²) in [7, 11) is 0. The summed E-state index contributed by atoms with van der Waals surface area (Å²) in [5.74, 6) is -0.523. The number of halogens is 1. The first kappa shape index (κ1) is 17.9. The maximum atomic E-state index is 13.6. The van der Waals surface area contributed by atoms with Crippen molar-refractivity contribution in [2.45, 2.75) is 33.2 Å². The predicted octanol–water partition coefficient (Wildman–Crippen LogP) is 3.53. The molecule has 0 saturated carbocycles. The topological polar surface area (TPSA) is 62.0 Å². The average Bonchev–Trinajstić information content (AvgIpc) is 2.61. The molecule has 26 heavy (non-hydrogen) atoms. The zero-order valence-corrected chi connectivity index (χ0v) is 14.9. The molecule has 0 saturated heterocycles. The molecule has 5 heteroatoms. The molecule has 0 radical (unpaired) electrons. The predicted molar refractivity (Wildman–Crippen MR) is 101 cm³/mol. The van der Waals surface area contributed by atoms with Crippen LogP contribution >= 0.6 is 0 Å². The van der Waals surface area contributed by atoms with E-state index in [1.54, 1.807) is 24.3 Å². The Morgan fingerprint density at radius 3 is 2.58 bits per heavy atom. The Balaban J connectivity index is 1.66. The SMILES string of the molecule is Cc1cc2cc(CNC(=O)CCc3ccccc3F)c(=O)[nH]c2cc1C. The molecule has 1 amide bonds. The lowest BCUT2D eigenvalue weighted by Gasteiger charge is -2.08. The molecule has 2 N–H and O–H groups in total. The molecule has 0 aliphatic rings. The highest BCUT2D eigenvalue weighted by Crippen LogP contribution is 2.17. The van der Waals surface area contributed by atoms with Crippen LogP contribution in [-0.2, 0) is 17.8 Å². The normalized spacial score (nSPS) is 10.9. The van der Waals surface area contributed by atoms with E-state index in [1.165, 1.54) is 6.07 Å². The third-order valence-corrected chi connectivity index (χ3v) is 4.59. The molecule has 0 spiro atoms. The van der Waals surface area contributed by atoms with Crippen LogP contribution in [0.5, 0.6) is 0 Å². The summed E-state index contributed by atoms with van der Waals surface area (Å²) >= 11 is 0. The zero-order valence-electron chi connectivity index (χ0n) is 14.9. The number of carbonyl (C=O) groups excluding carboxylic acids is 1. The van der Waals surface area contributed by atoms with Crippen LogP contribution in [0, 0.1) is 19.7 Å². The van der Waals surface area contributed by atoms with Gasteiger partial charge in [0.05, 0.1) is 0 Å². The fourth-order valence-corrected chi connectivity index (χ4v) is 2.88. The van der Waals surface area contributed by atoms with Crippen LogP contribution < -0.4 is 10.9 Å². The van der Waals surface area contributed by atoms with Crippen molar-refractivity contribution in [3.05, 3.63) is 80.9 Å². The van der Waals surface area contributed by atoms with E-state index < -0.39 is 0 Å². The Morgan fingerprint density at radius 2 is 1.81 bits per heavy atom. The Kier molecular flexibility index (Phi) is 5.16. The number of pyridine rings is 1. The van der Waals surface area contributed by atoms with Crippen LogP contribution in [0.25, 0.3) is 10.9 Å². The summed E-state index contributed by atoms with van der Waals surface area (Å²) in [6, 6.07) is 12.2. The van der Waals surface area contributed by atoms with Gasteiger partial charge in [0.25, 0.3) is 5.56 Å². The molecule has 1 heterocycles. The summed E-state index contributed by atoms with van der Waals surface area (Å²) in [5, 5.41) is 3.67. The summed E-state index contributed by atoms with van der Waals surface area (Å²) < 4.78 is 13.6. The molecular weight excluding hydrogens is 331 g/mol. The number of amides is 1. The van der Waals surface area contributed by atoms with E-state index in [-0.39, 0.29) is 30.2 Å². The van der Waals surface area contributed by atoms with Gasteiger partial charge in [-0.1, -0.05) is 18.2 Å². The molecule has 134 valence electrons. The number of aromatic amines is 1. The summed E-state index contributed by atoms with van der Waals surface area (Å²) in [4.78, 5) is 27.1. The molecule has 0 atom stereocenters. The van der Waals surface area contributed by atoms with Crippen molar-refractivity contribution >= 4 is 16.8 Å². The molecule has 0 bridgehead atoms. The largest absolute Gasteiger partial charge is 0.352 e. The van der Waals surface area contributed by atoms with E-state index >= 15 is 0 Å². The minimum Gasteiger partial charge on any atom is -0.352 e. The molecule has 4 nitrogen and oxygen atoms in total. The second kappa shape index (κ2) is 7.52. The molecule has 3 rings (SSSR count). The van der Waals surface area contributed by atoms with Gasteiger partial charge in [-0.2, -0.15) is 0 Å². The Morgan fingerprint density at radius 1 is 1.08 bits per heavy atom. The molecule has 0 aliphatic heterocycles. The van der Waals surface area contributed by atoms with E-state index in [2.05, 4.69) is 10.3 Å². The van der Waals surface area contributed by atoms with Crippen molar-refractivity contribution in [3.8, 4) is 0 Å². The lowest BCUT2D eigenvalue weighted by Crippen LogP contribution is -2.27. The Labute approximate surface area is 151 Å². The van der Waals surface area contributed by atoms with Crippen LogP contribution in [0.2, 0.25) is 0 Å². The van der Waals surface area contributed by atoms with Crippen molar-refractivity contribution < 1.29 is 9.18 Å². The number of benzene rings is 2. The fourth-order valence-electron chi connectivity index (χ4n) is 2.88. The van der Waals surface area contributed by atoms with Gasteiger partial charge in [-0.3, -0.25) is 9.59 Å². The zero-order chi connectivity index (χ0) is 18.7. The monoisotopic (exact) mass is 352 g/mol. The number of rotatable bonds is 5. The number of hydrogen-bond donors (Lipinski definition) is 2. The van der Waals surface area contributed by atoms with Gasteiger partial charge in [0.1, 0.15) is 5.82 Å².